The molecule has 0 rings (SSSR count). The molecule has 0 saturated carbocycles. The summed E-state index contributed by atoms with van der Waals surface area (Å²) in [6, 6.07) is 0. The van der Waals surface area contributed by atoms with Crippen LogP contribution >= 0.6 is 0 Å². The van der Waals surface area contributed by atoms with E-state index in [0.29, 0.717) is 6.42 Å². The highest BCUT2D eigenvalue weighted by Gasteiger charge is 2.10. The Morgan fingerprint density at radius 3 is 2.42 bits per heavy atom. The summed E-state index contributed by atoms with van der Waals surface area (Å²) in [5.74, 6) is -0.163. The molecule has 0 aromatic heterocycles. The van der Waals surface area contributed by atoms with Crippen molar-refractivity contribution in [2.24, 2.45) is 5.92 Å². The van der Waals surface area contributed by atoms with E-state index in [2.05, 4.69) is 0 Å². The molecule has 0 aliphatic heterocycles. The monoisotopic (exact) mass is 192 g/mol. The van der Waals surface area contributed by atoms with Crippen molar-refractivity contribution < 1.29 is 13.0 Å². The normalized spacial score (nSPS) is 15.2. The highest BCUT2D eigenvalue weighted by molar-refractivity contribution is 7.85. The predicted octanol–water partition coefficient (Wildman–Crippen LogP) is 1.87. The summed E-state index contributed by atoms with van der Waals surface area (Å²) in [5, 5.41) is 0. The van der Waals surface area contributed by atoms with Gasteiger partial charge in [-0.1, -0.05) is 26.0 Å². The Kier molecular flexibility index (Phi) is 5.17. The van der Waals surface area contributed by atoms with Gasteiger partial charge in [-0.15, -0.1) is 0 Å². The van der Waals surface area contributed by atoms with Gasteiger partial charge < -0.3 is 0 Å². The van der Waals surface area contributed by atoms with Crippen LogP contribution in [-0.4, -0.2) is 18.7 Å². The number of rotatable bonds is 5. The minimum Gasteiger partial charge on any atom is -0.286 e. The Bertz CT molecular complexity index is 229. The quantitative estimate of drug-likeness (QED) is 0.534. The molecular weight excluding hydrogens is 176 g/mol. The van der Waals surface area contributed by atoms with Crippen LogP contribution in [0.4, 0.5) is 0 Å². The van der Waals surface area contributed by atoms with E-state index in [1.165, 1.54) is 0 Å². The van der Waals surface area contributed by atoms with Crippen LogP contribution in [0.5, 0.6) is 0 Å². The third kappa shape index (κ3) is 7.75. The zero-order chi connectivity index (χ0) is 9.61. The highest BCUT2D eigenvalue weighted by atomic mass is 32.2. The molecule has 0 saturated heterocycles. The zero-order valence-corrected chi connectivity index (χ0v) is 8.34. The molecular formula is C8H16O3S. The van der Waals surface area contributed by atoms with E-state index in [4.69, 9.17) is 4.55 Å². The van der Waals surface area contributed by atoms with Crippen molar-refractivity contribution >= 4 is 10.1 Å². The maximum atomic E-state index is 10.4. The molecule has 0 bridgehead atoms. The standard InChI is InChI=1S/C8H16O3S/c1-3-4-5-6-8(2)7-12(9,10)11/h4-5,8H,3,6-7H2,1-2H3,(H,9,10,11). The smallest absolute Gasteiger partial charge is 0.265 e. The van der Waals surface area contributed by atoms with Crippen molar-refractivity contribution in [3.63, 3.8) is 0 Å². The van der Waals surface area contributed by atoms with Gasteiger partial charge in [0.15, 0.2) is 0 Å². The lowest BCUT2D eigenvalue weighted by Gasteiger charge is -2.04. The SMILES string of the molecule is CCC=CCC(C)CS(=O)(=O)O. The molecule has 0 aromatic rings. The third-order valence-electron chi connectivity index (χ3n) is 1.44. The lowest BCUT2D eigenvalue weighted by atomic mass is 10.1. The van der Waals surface area contributed by atoms with Crippen molar-refractivity contribution in [1.82, 2.24) is 0 Å². The zero-order valence-electron chi connectivity index (χ0n) is 7.53. The first-order chi connectivity index (χ1) is 5.45. The molecule has 0 spiro atoms. The fourth-order valence-electron chi connectivity index (χ4n) is 0.923. The van der Waals surface area contributed by atoms with Gasteiger partial charge in [0, 0.05) is 0 Å². The minimum absolute atomic E-state index is 0.0113. The van der Waals surface area contributed by atoms with Crippen molar-refractivity contribution in [3.8, 4) is 0 Å². The van der Waals surface area contributed by atoms with Gasteiger partial charge in [-0.3, -0.25) is 4.55 Å². The van der Waals surface area contributed by atoms with E-state index in [1.54, 1.807) is 6.92 Å². The molecule has 3 nitrogen and oxygen atoms in total. The molecule has 0 aromatic carbocycles. The maximum absolute atomic E-state index is 10.4. The molecule has 0 aliphatic carbocycles. The van der Waals surface area contributed by atoms with Crippen LogP contribution in [0.1, 0.15) is 26.7 Å². The largest absolute Gasteiger partial charge is 0.286 e. The van der Waals surface area contributed by atoms with Crippen LogP contribution in [0, 0.1) is 5.92 Å². The van der Waals surface area contributed by atoms with Crippen LogP contribution in [0.25, 0.3) is 0 Å². The van der Waals surface area contributed by atoms with Crippen LogP contribution in [0.3, 0.4) is 0 Å². The first-order valence-corrected chi connectivity index (χ1v) is 5.66. The second-order valence-electron chi connectivity index (χ2n) is 2.97. The van der Waals surface area contributed by atoms with Gasteiger partial charge in [0.1, 0.15) is 0 Å². The van der Waals surface area contributed by atoms with Gasteiger partial charge in [0.05, 0.1) is 5.75 Å². The van der Waals surface area contributed by atoms with Gasteiger partial charge in [0.2, 0.25) is 0 Å². The van der Waals surface area contributed by atoms with E-state index >= 15 is 0 Å². The Morgan fingerprint density at radius 1 is 1.42 bits per heavy atom. The average molecular weight is 192 g/mol. The molecule has 0 aliphatic rings. The number of hydrogen-bond donors (Lipinski definition) is 1. The molecule has 72 valence electrons. The molecule has 12 heavy (non-hydrogen) atoms. The van der Waals surface area contributed by atoms with Crippen LogP contribution in [-0.2, 0) is 10.1 Å². The first-order valence-electron chi connectivity index (χ1n) is 4.06. The van der Waals surface area contributed by atoms with Gasteiger partial charge in [-0.05, 0) is 18.8 Å². The summed E-state index contributed by atoms with van der Waals surface area (Å²) in [4.78, 5) is 0. The van der Waals surface area contributed by atoms with Gasteiger partial charge in [-0.2, -0.15) is 8.42 Å². The van der Waals surface area contributed by atoms with E-state index in [9.17, 15) is 8.42 Å². The summed E-state index contributed by atoms with van der Waals surface area (Å²) >= 11 is 0. The van der Waals surface area contributed by atoms with Crippen molar-refractivity contribution in [3.05, 3.63) is 12.2 Å². The first kappa shape index (κ1) is 11.6. The highest BCUT2D eigenvalue weighted by Crippen LogP contribution is 2.05. The molecule has 0 fully saturated rings. The van der Waals surface area contributed by atoms with Gasteiger partial charge >= 0.3 is 0 Å². The fraction of sp³-hybridized carbons (Fsp3) is 0.750. The third-order valence-corrected chi connectivity index (χ3v) is 2.43. The van der Waals surface area contributed by atoms with Crippen molar-refractivity contribution in [2.75, 3.05) is 5.75 Å². The molecule has 4 heteroatoms. The minimum atomic E-state index is -3.79. The molecule has 1 atom stereocenters. The van der Waals surface area contributed by atoms with E-state index in [0.717, 1.165) is 6.42 Å². The second-order valence-corrected chi connectivity index (χ2v) is 4.47. The van der Waals surface area contributed by atoms with Crippen LogP contribution in [0.15, 0.2) is 12.2 Å². The van der Waals surface area contributed by atoms with E-state index in [1.807, 2.05) is 19.1 Å². The lowest BCUT2D eigenvalue weighted by molar-refractivity contribution is 0.470. The number of allylic oxidation sites excluding steroid dienone is 2. The van der Waals surface area contributed by atoms with Crippen LogP contribution in [0.2, 0.25) is 0 Å². The van der Waals surface area contributed by atoms with E-state index in [-0.39, 0.29) is 11.7 Å². The summed E-state index contributed by atoms with van der Waals surface area (Å²) in [7, 11) is -3.79. The summed E-state index contributed by atoms with van der Waals surface area (Å²) in [6.45, 7) is 3.82. The summed E-state index contributed by atoms with van der Waals surface area (Å²) in [5.41, 5.74) is 0. The molecule has 0 radical (unpaired) electrons. The van der Waals surface area contributed by atoms with Gasteiger partial charge in [-0.25, -0.2) is 0 Å². The molecule has 1 unspecified atom stereocenters. The van der Waals surface area contributed by atoms with Crippen LogP contribution < -0.4 is 0 Å². The second kappa shape index (κ2) is 5.32. The maximum Gasteiger partial charge on any atom is 0.265 e. The Labute approximate surface area is 74.2 Å². The van der Waals surface area contributed by atoms with Gasteiger partial charge in [0.25, 0.3) is 10.1 Å². The molecule has 0 amide bonds. The Morgan fingerprint density at radius 2 is 2.00 bits per heavy atom. The summed E-state index contributed by atoms with van der Waals surface area (Å²) in [6.07, 6.45) is 5.59. The number of hydrogen-bond acceptors (Lipinski definition) is 2. The van der Waals surface area contributed by atoms with Crippen molar-refractivity contribution in [1.29, 1.82) is 0 Å². The van der Waals surface area contributed by atoms with E-state index < -0.39 is 10.1 Å². The predicted molar refractivity (Wildman–Crippen MR) is 49.6 cm³/mol. The summed E-state index contributed by atoms with van der Waals surface area (Å²) < 4.78 is 29.3. The molecule has 1 N–H and O–H groups in total. The Balaban J connectivity index is 3.75. The average Bonchev–Trinajstić information content (AvgIpc) is 1.84. The Hall–Kier alpha value is -0.350. The fourth-order valence-corrected chi connectivity index (χ4v) is 1.78. The van der Waals surface area contributed by atoms with Crippen molar-refractivity contribution in [2.45, 2.75) is 26.7 Å². The molecule has 0 heterocycles. The lowest BCUT2D eigenvalue weighted by Crippen LogP contribution is -2.11. The topological polar surface area (TPSA) is 54.4 Å².